The summed E-state index contributed by atoms with van der Waals surface area (Å²) in [6, 6.07) is 9.95. The Hall–Kier alpha value is -1.88. The number of benzene rings is 1. The summed E-state index contributed by atoms with van der Waals surface area (Å²) in [5, 5.41) is 15.4. The summed E-state index contributed by atoms with van der Waals surface area (Å²) in [5.74, 6) is -0.750. The number of nitrogens with one attached hydrogen (secondary N) is 1. The van der Waals surface area contributed by atoms with Gasteiger partial charge in [-0.05, 0) is 12.8 Å². The maximum atomic E-state index is 11.5. The molecule has 0 aliphatic heterocycles. The van der Waals surface area contributed by atoms with Crippen LogP contribution in [0.4, 0.5) is 5.13 Å². The number of aromatic nitrogens is 1. The first kappa shape index (κ1) is 15.5. The number of aliphatic carboxylic acids is 1. The van der Waals surface area contributed by atoms with Gasteiger partial charge in [-0.25, -0.2) is 4.98 Å². The van der Waals surface area contributed by atoms with E-state index in [9.17, 15) is 9.90 Å². The number of hydrogen-bond donors (Lipinski definition) is 2. The fraction of sp³-hybridized carbons (Fsp3) is 0.375. The zero-order valence-electron chi connectivity index (χ0n) is 12.3. The predicted molar refractivity (Wildman–Crippen MR) is 86.7 cm³/mol. The Balaban J connectivity index is 2.08. The molecule has 1 aromatic carbocycles. The molecule has 0 atom stereocenters. The normalized spacial score (nSPS) is 11.3. The number of thiazole rings is 1. The highest BCUT2D eigenvalue weighted by atomic mass is 32.1. The summed E-state index contributed by atoms with van der Waals surface area (Å²) >= 11 is 1.50. The van der Waals surface area contributed by atoms with Crippen LogP contribution in [0.25, 0.3) is 11.3 Å². The second-order valence-corrected chi connectivity index (χ2v) is 5.91. The molecule has 0 bridgehead atoms. The average Bonchev–Trinajstić information content (AvgIpc) is 2.98. The summed E-state index contributed by atoms with van der Waals surface area (Å²) in [7, 11) is 0. The van der Waals surface area contributed by atoms with Gasteiger partial charge in [0.05, 0.1) is 11.1 Å². The molecule has 2 rings (SSSR count). The van der Waals surface area contributed by atoms with E-state index in [0.717, 1.165) is 16.4 Å². The van der Waals surface area contributed by atoms with Crippen molar-refractivity contribution in [3.63, 3.8) is 0 Å². The maximum Gasteiger partial charge on any atom is 0.311 e. The largest absolute Gasteiger partial charge is 0.481 e. The van der Waals surface area contributed by atoms with Crippen LogP contribution in [0.3, 0.4) is 0 Å². The number of carboxylic acids is 1. The maximum absolute atomic E-state index is 11.5. The Bertz CT molecular complexity index is 591. The van der Waals surface area contributed by atoms with E-state index in [4.69, 9.17) is 0 Å². The zero-order valence-corrected chi connectivity index (χ0v) is 13.1. The molecule has 1 heterocycles. The van der Waals surface area contributed by atoms with Gasteiger partial charge in [-0.2, -0.15) is 0 Å². The molecule has 0 radical (unpaired) electrons. The van der Waals surface area contributed by atoms with E-state index in [2.05, 4.69) is 10.3 Å². The number of carbonyl (C=O) groups is 1. The number of anilines is 1. The van der Waals surface area contributed by atoms with Gasteiger partial charge in [0.15, 0.2) is 5.13 Å². The first-order valence-corrected chi connectivity index (χ1v) is 7.97. The number of nitrogens with zero attached hydrogens (tertiary/aromatic N) is 1. The lowest BCUT2D eigenvalue weighted by Crippen LogP contribution is -2.36. The standard InChI is InChI=1S/C16H20N2O2S/c1-3-16(4-2,14(19)20)11-17-15-18-13(10-21-15)12-8-6-5-7-9-12/h5-10H,3-4,11H2,1-2H3,(H,17,18)(H,19,20). The second-order valence-electron chi connectivity index (χ2n) is 5.05. The smallest absolute Gasteiger partial charge is 0.311 e. The van der Waals surface area contributed by atoms with Crippen molar-refractivity contribution in [2.75, 3.05) is 11.9 Å². The molecular formula is C16H20N2O2S. The number of hydrogen-bond acceptors (Lipinski definition) is 4. The van der Waals surface area contributed by atoms with Gasteiger partial charge in [-0.1, -0.05) is 44.2 Å². The minimum Gasteiger partial charge on any atom is -0.481 e. The highest BCUT2D eigenvalue weighted by Gasteiger charge is 2.34. The molecule has 2 N–H and O–H groups in total. The second kappa shape index (κ2) is 6.72. The molecule has 2 aromatic rings. The average molecular weight is 304 g/mol. The van der Waals surface area contributed by atoms with E-state index in [0.29, 0.717) is 19.4 Å². The Morgan fingerprint density at radius 2 is 1.95 bits per heavy atom. The Morgan fingerprint density at radius 1 is 1.29 bits per heavy atom. The van der Waals surface area contributed by atoms with Gasteiger partial charge in [0.25, 0.3) is 0 Å². The van der Waals surface area contributed by atoms with Gasteiger partial charge in [-0.15, -0.1) is 11.3 Å². The van der Waals surface area contributed by atoms with Gasteiger partial charge < -0.3 is 10.4 Å². The van der Waals surface area contributed by atoms with Gasteiger partial charge in [0.2, 0.25) is 0 Å². The molecule has 0 spiro atoms. The van der Waals surface area contributed by atoms with Crippen LogP contribution in [0.1, 0.15) is 26.7 Å². The van der Waals surface area contributed by atoms with Gasteiger partial charge in [0, 0.05) is 17.5 Å². The lowest BCUT2D eigenvalue weighted by atomic mass is 9.82. The van der Waals surface area contributed by atoms with Crippen LogP contribution in [0.15, 0.2) is 35.7 Å². The highest BCUT2D eigenvalue weighted by Crippen LogP contribution is 2.29. The third kappa shape index (κ3) is 3.42. The minimum atomic E-state index is -0.750. The zero-order chi connectivity index (χ0) is 15.3. The molecular weight excluding hydrogens is 284 g/mol. The van der Waals surface area contributed by atoms with E-state index in [1.54, 1.807) is 0 Å². The van der Waals surface area contributed by atoms with Gasteiger partial charge >= 0.3 is 5.97 Å². The van der Waals surface area contributed by atoms with E-state index in [1.165, 1.54) is 11.3 Å². The van der Waals surface area contributed by atoms with Crippen LogP contribution in [0.5, 0.6) is 0 Å². The third-order valence-electron chi connectivity index (χ3n) is 3.96. The van der Waals surface area contributed by atoms with Crippen molar-refractivity contribution in [2.45, 2.75) is 26.7 Å². The molecule has 0 aliphatic carbocycles. The van der Waals surface area contributed by atoms with E-state index < -0.39 is 11.4 Å². The molecule has 21 heavy (non-hydrogen) atoms. The molecule has 0 saturated carbocycles. The van der Waals surface area contributed by atoms with Crippen LogP contribution in [-0.4, -0.2) is 22.6 Å². The molecule has 5 heteroatoms. The molecule has 0 fully saturated rings. The topological polar surface area (TPSA) is 62.2 Å². The van der Waals surface area contributed by atoms with Crippen molar-refractivity contribution < 1.29 is 9.90 Å². The molecule has 1 aromatic heterocycles. The molecule has 4 nitrogen and oxygen atoms in total. The quantitative estimate of drug-likeness (QED) is 0.808. The molecule has 0 saturated heterocycles. The van der Waals surface area contributed by atoms with Crippen molar-refractivity contribution in [1.29, 1.82) is 0 Å². The first-order chi connectivity index (χ1) is 10.1. The van der Waals surface area contributed by atoms with E-state index in [1.807, 2.05) is 49.6 Å². The van der Waals surface area contributed by atoms with Crippen LogP contribution in [0, 0.1) is 5.41 Å². The lowest BCUT2D eigenvalue weighted by molar-refractivity contribution is -0.148. The van der Waals surface area contributed by atoms with Crippen molar-refractivity contribution in [2.24, 2.45) is 5.41 Å². The third-order valence-corrected chi connectivity index (χ3v) is 4.76. The van der Waals surface area contributed by atoms with Crippen LogP contribution < -0.4 is 5.32 Å². The lowest BCUT2D eigenvalue weighted by Gasteiger charge is -2.26. The number of rotatable bonds is 7. The Kier molecular flexibility index (Phi) is 4.96. The van der Waals surface area contributed by atoms with Crippen molar-refractivity contribution in [1.82, 2.24) is 4.98 Å². The SMILES string of the molecule is CCC(CC)(CNc1nc(-c2ccccc2)cs1)C(=O)O. The summed E-state index contributed by atoms with van der Waals surface area (Å²) in [5.41, 5.74) is 1.26. The fourth-order valence-corrected chi connectivity index (χ4v) is 2.94. The Morgan fingerprint density at radius 3 is 2.52 bits per heavy atom. The summed E-state index contributed by atoms with van der Waals surface area (Å²) in [4.78, 5) is 16.0. The van der Waals surface area contributed by atoms with Crippen LogP contribution in [0.2, 0.25) is 0 Å². The molecule has 0 aliphatic rings. The van der Waals surface area contributed by atoms with Crippen LogP contribution in [-0.2, 0) is 4.79 Å². The summed E-state index contributed by atoms with van der Waals surface area (Å²) in [6.07, 6.45) is 1.20. The number of carboxylic acid groups (broad SMARTS) is 1. The monoisotopic (exact) mass is 304 g/mol. The van der Waals surface area contributed by atoms with Gasteiger partial charge in [-0.3, -0.25) is 4.79 Å². The molecule has 0 amide bonds. The van der Waals surface area contributed by atoms with Crippen molar-refractivity contribution >= 4 is 22.4 Å². The molecule has 112 valence electrons. The van der Waals surface area contributed by atoms with Gasteiger partial charge in [0.1, 0.15) is 0 Å². The molecule has 0 unspecified atom stereocenters. The summed E-state index contributed by atoms with van der Waals surface area (Å²) < 4.78 is 0. The highest BCUT2D eigenvalue weighted by molar-refractivity contribution is 7.14. The summed E-state index contributed by atoms with van der Waals surface area (Å²) in [6.45, 7) is 4.23. The fourth-order valence-electron chi connectivity index (χ4n) is 2.22. The Labute approximate surface area is 128 Å². The predicted octanol–water partition coefficient (Wildman–Crippen LogP) is 4.11. The first-order valence-electron chi connectivity index (χ1n) is 7.09. The van der Waals surface area contributed by atoms with Crippen molar-refractivity contribution in [3.05, 3.63) is 35.7 Å². The van der Waals surface area contributed by atoms with E-state index >= 15 is 0 Å². The van der Waals surface area contributed by atoms with Crippen molar-refractivity contribution in [3.8, 4) is 11.3 Å². The van der Waals surface area contributed by atoms with Crippen LogP contribution >= 0.6 is 11.3 Å². The minimum absolute atomic E-state index is 0.400. The van der Waals surface area contributed by atoms with E-state index in [-0.39, 0.29) is 0 Å².